The van der Waals surface area contributed by atoms with Gasteiger partial charge in [0.25, 0.3) is 0 Å². The first-order valence-corrected chi connectivity index (χ1v) is 8.33. The van der Waals surface area contributed by atoms with E-state index in [0.717, 1.165) is 5.56 Å². The van der Waals surface area contributed by atoms with Crippen LogP contribution >= 0.6 is 23.2 Å². The molecule has 0 unspecified atom stereocenters. The van der Waals surface area contributed by atoms with Crippen molar-refractivity contribution in [3.63, 3.8) is 0 Å². The molecule has 0 saturated carbocycles. The summed E-state index contributed by atoms with van der Waals surface area (Å²) in [5, 5.41) is 0.563. The van der Waals surface area contributed by atoms with Gasteiger partial charge in [0.1, 0.15) is 0 Å². The Morgan fingerprint density at radius 2 is 1.94 bits per heavy atom. The number of hydrogen-bond acceptors (Lipinski definition) is 2. The molecule has 0 aliphatic rings. The highest BCUT2D eigenvalue weighted by Gasteiger charge is 2.16. The van der Waals surface area contributed by atoms with Crippen molar-refractivity contribution in [2.45, 2.75) is 25.8 Å². The van der Waals surface area contributed by atoms with Gasteiger partial charge in [0, 0.05) is 16.9 Å². The van der Waals surface area contributed by atoms with Gasteiger partial charge in [-0.05, 0) is 31.4 Å². The average Bonchev–Trinajstić information content (AvgIpc) is 2.29. The Morgan fingerprint density at radius 3 is 2.56 bits per heavy atom. The highest BCUT2D eigenvalue weighted by atomic mass is 35.5. The highest BCUT2D eigenvalue weighted by molar-refractivity contribution is 7.89. The Labute approximate surface area is 119 Å². The van der Waals surface area contributed by atoms with E-state index < -0.39 is 10.0 Å². The summed E-state index contributed by atoms with van der Waals surface area (Å²) in [5.74, 6) is 0.574. The van der Waals surface area contributed by atoms with E-state index >= 15 is 0 Å². The van der Waals surface area contributed by atoms with E-state index in [4.69, 9.17) is 23.2 Å². The molecule has 0 spiro atoms. The van der Waals surface area contributed by atoms with Crippen molar-refractivity contribution in [2.75, 3.05) is 11.6 Å². The molecule has 0 saturated heterocycles. The lowest BCUT2D eigenvalue weighted by molar-refractivity contribution is 0.564. The van der Waals surface area contributed by atoms with Crippen LogP contribution in [0, 0.1) is 0 Å². The maximum Gasteiger partial charge on any atom is 0.212 e. The van der Waals surface area contributed by atoms with E-state index in [2.05, 4.69) is 4.72 Å². The number of unbranched alkanes of at least 4 members (excludes halogenated alkanes) is 1. The zero-order valence-corrected chi connectivity index (χ0v) is 12.5. The molecule has 102 valence electrons. The van der Waals surface area contributed by atoms with Gasteiger partial charge in [-0.1, -0.05) is 29.8 Å². The zero-order valence-electron chi connectivity index (χ0n) is 10.2. The van der Waals surface area contributed by atoms with Crippen molar-refractivity contribution in [3.05, 3.63) is 34.9 Å². The van der Waals surface area contributed by atoms with Gasteiger partial charge in [-0.25, -0.2) is 13.1 Å². The maximum absolute atomic E-state index is 11.8. The molecule has 0 aliphatic carbocycles. The third kappa shape index (κ3) is 5.14. The quantitative estimate of drug-likeness (QED) is 0.620. The Kier molecular flexibility index (Phi) is 6.43. The molecule has 0 heterocycles. The van der Waals surface area contributed by atoms with E-state index in [1.807, 2.05) is 18.2 Å². The van der Waals surface area contributed by atoms with Crippen molar-refractivity contribution >= 4 is 33.2 Å². The van der Waals surface area contributed by atoms with Crippen molar-refractivity contribution in [3.8, 4) is 0 Å². The summed E-state index contributed by atoms with van der Waals surface area (Å²) in [6.45, 7) is 1.78. The van der Waals surface area contributed by atoms with Gasteiger partial charge in [0.15, 0.2) is 0 Å². The second kappa shape index (κ2) is 7.34. The minimum atomic E-state index is -3.29. The topological polar surface area (TPSA) is 46.2 Å². The van der Waals surface area contributed by atoms with E-state index in [1.165, 1.54) is 0 Å². The van der Waals surface area contributed by atoms with Crippen molar-refractivity contribution in [1.29, 1.82) is 0 Å². The smallest absolute Gasteiger partial charge is 0.212 e. The van der Waals surface area contributed by atoms with Gasteiger partial charge in [-0.3, -0.25) is 0 Å². The van der Waals surface area contributed by atoms with E-state index in [1.54, 1.807) is 13.0 Å². The van der Waals surface area contributed by atoms with E-state index in [-0.39, 0.29) is 11.8 Å². The summed E-state index contributed by atoms with van der Waals surface area (Å²) in [6.07, 6.45) is 1.26. The minimum absolute atomic E-state index is 0.0918. The third-order valence-electron chi connectivity index (χ3n) is 2.52. The zero-order chi connectivity index (χ0) is 13.6. The van der Waals surface area contributed by atoms with Crippen LogP contribution in [0.15, 0.2) is 24.3 Å². The Balaban J connectivity index is 2.64. The summed E-state index contributed by atoms with van der Waals surface area (Å²) < 4.78 is 26.2. The van der Waals surface area contributed by atoms with E-state index in [9.17, 15) is 8.42 Å². The molecule has 1 N–H and O–H groups in total. The van der Waals surface area contributed by atoms with E-state index in [0.29, 0.717) is 23.7 Å². The molecule has 0 aromatic heterocycles. The Hall–Kier alpha value is -0.290. The highest BCUT2D eigenvalue weighted by Crippen LogP contribution is 2.22. The van der Waals surface area contributed by atoms with Gasteiger partial charge in [0.2, 0.25) is 10.0 Å². The summed E-state index contributed by atoms with van der Waals surface area (Å²) in [4.78, 5) is 0. The maximum atomic E-state index is 11.8. The number of alkyl halides is 1. The normalized spacial score (nSPS) is 13.5. The van der Waals surface area contributed by atoms with Crippen LogP contribution in [0.2, 0.25) is 5.02 Å². The number of halogens is 2. The molecular formula is C12H17Cl2NO2S. The van der Waals surface area contributed by atoms with Crippen LogP contribution < -0.4 is 4.72 Å². The second-order valence-electron chi connectivity index (χ2n) is 4.08. The summed E-state index contributed by atoms with van der Waals surface area (Å²) in [6, 6.07) is 6.87. The predicted octanol–water partition coefficient (Wildman–Crippen LogP) is 3.34. The number of sulfonamides is 1. The molecule has 1 aromatic rings. The third-order valence-corrected chi connectivity index (χ3v) is 4.68. The van der Waals surface area contributed by atoms with Gasteiger partial charge in [0.05, 0.1) is 5.75 Å². The molecule has 1 aromatic carbocycles. The van der Waals surface area contributed by atoms with Crippen LogP contribution in [0.1, 0.15) is 31.4 Å². The molecule has 3 nitrogen and oxygen atoms in total. The molecule has 0 amide bonds. The lowest BCUT2D eigenvalue weighted by Crippen LogP contribution is -2.29. The SMILES string of the molecule is C[C@H](NS(=O)(=O)CCCCCl)c1ccccc1Cl. The summed E-state index contributed by atoms with van der Waals surface area (Å²) in [5.41, 5.74) is 0.778. The lowest BCUT2D eigenvalue weighted by atomic mass is 10.1. The fourth-order valence-electron chi connectivity index (χ4n) is 1.60. The standard InChI is InChI=1S/C12H17Cl2NO2S/c1-10(11-6-2-3-7-12(11)14)15-18(16,17)9-5-4-8-13/h2-3,6-7,10,15H,4-5,8-9H2,1H3/t10-/m0/s1. The van der Waals surface area contributed by atoms with Crippen LogP contribution in [0.4, 0.5) is 0 Å². The molecule has 18 heavy (non-hydrogen) atoms. The van der Waals surface area contributed by atoms with Crippen LogP contribution in [0.5, 0.6) is 0 Å². The van der Waals surface area contributed by atoms with Crippen molar-refractivity contribution in [2.24, 2.45) is 0 Å². The first-order chi connectivity index (χ1) is 8.46. The Bertz CT molecular complexity index is 477. The Morgan fingerprint density at radius 1 is 1.28 bits per heavy atom. The predicted molar refractivity (Wildman–Crippen MR) is 76.7 cm³/mol. The largest absolute Gasteiger partial charge is 0.212 e. The first-order valence-electron chi connectivity index (χ1n) is 5.76. The molecule has 0 aliphatic heterocycles. The molecular weight excluding hydrogens is 293 g/mol. The second-order valence-corrected chi connectivity index (χ2v) is 6.73. The van der Waals surface area contributed by atoms with Gasteiger partial charge < -0.3 is 0 Å². The fraction of sp³-hybridized carbons (Fsp3) is 0.500. The molecule has 0 bridgehead atoms. The summed E-state index contributed by atoms with van der Waals surface area (Å²) >= 11 is 11.5. The molecule has 6 heteroatoms. The van der Waals surface area contributed by atoms with Crippen LogP contribution in [-0.2, 0) is 10.0 Å². The number of benzene rings is 1. The van der Waals surface area contributed by atoms with Crippen LogP contribution in [-0.4, -0.2) is 20.1 Å². The molecule has 0 fully saturated rings. The van der Waals surface area contributed by atoms with Crippen LogP contribution in [0.3, 0.4) is 0 Å². The fourth-order valence-corrected chi connectivity index (χ4v) is 3.46. The molecule has 0 radical (unpaired) electrons. The minimum Gasteiger partial charge on any atom is -0.212 e. The lowest BCUT2D eigenvalue weighted by Gasteiger charge is -2.15. The van der Waals surface area contributed by atoms with Gasteiger partial charge in [-0.2, -0.15) is 0 Å². The van der Waals surface area contributed by atoms with Crippen molar-refractivity contribution < 1.29 is 8.42 Å². The monoisotopic (exact) mass is 309 g/mol. The number of rotatable bonds is 7. The van der Waals surface area contributed by atoms with Crippen LogP contribution in [0.25, 0.3) is 0 Å². The van der Waals surface area contributed by atoms with Gasteiger partial charge >= 0.3 is 0 Å². The van der Waals surface area contributed by atoms with Gasteiger partial charge in [-0.15, -0.1) is 11.6 Å². The molecule has 1 rings (SSSR count). The molecule has 1 atom stereocenters. The number of hydrogen-bond donors (Lipinski definition) is 1. The van der Waals surface area contributed by atoms with Crippen molar-refractivity contribution in [1.82, 2.24) is 4.72 Å². The average molecular weight is 310 g/mol. The summed E-state index contributed by atoms with van der Waals surface area (Å²) in [7, 11) is -3.29. The first kappa shape index (κ1) is 15.8. The number of nitrogens with one attached hydrogen (secondary N) is 1.